The fraction of sp³-hybridized carbons (Fsp3) is 0.830. The molecule has 0 spiro atoms. The first-order valence-electron chi connectivity index (χ1n) is 23.6. The van der Waals surface area contributed by atoms with Gasteiger partial charge in [-0.3, -0.25) is 9.59 Å². The third-order valence-electron chi connectivity index (χ3n) is 11.1. The summed E-state index contributed by atoms with van der Waals surface area (Å²) in [6.07, 6.45) is 17.6. The van der Waals surface area contributed by atoms with Crippen LogP contribution in [0.2, 0.25) is 0 Å². The van der Waals surface area contributed by atoms with Gasteiger partial charge in [-0.15, -0.1) is 0 Å². The molecule has 0 saturated carbocycles. The third kappa shape index (κ3) is 23.6. The summed E-state index contributed by atoms with van der Waals surface area (Å²) in [5, 5.41) is 71.9. The molecule has 15 heteroatoms. The molecule has 2 aliphatic rings. The number of esters is 2. The van der Waals surface area contributed by atoms with Crippen molar-refractivity contribution in [2.45, 2.75) is 223 Å². The predicted octanol–water partition coefficient (Wildman–Crippen LogP) is 5.37. The van der Waals surface area contributed by atoms with E-state index in [9.17, 15) is 45.3 Å². The molecule has 0 aromatic rings. The number of aliphatic hydroxyl groups excluding tert-OH is 7. The van der Waals surface area contributed by atoms with Gasteiger partial charge in [-0.1, -0.05) is 127 Å². The number of allylic oxidation sites excluding steroid dienone is 6. The SMILES string of the molecule is CCCCC/C=C/C/C=C/C/C=C/CCCCC(=O)O[C@H](COC(=O)CCCCCCCCCCCCC)CO[C@@H]1O[C@H](CO[C@@H]2O[C@H](CO)[C@H](O)C(O)C2O)[C@H](O)C(O)C1O. The van der Waals surface area contributed by atoms with Crippen LogP contribution in [0, 0.1) is 0 Å². The van der Waals surface area contributed by atoms with Crippen molar-refractivity contribution in [3.05, 3.63) is 36.5 Å². The van der Waals surface area contributed by atoms with E-state index in [2.05, 4.69) is 50.3 Å². The van der Waals surface area contributed by atoms with Gasteiger partial charge in [-0.2, -0.15) is 0 Å². The van der Waals surface area contributed by atoms with Gasteiger partial charge in [-0.25, -0.2) is 0 Å². The predicted molar refractivity (Wildman–Crippen MR) is 234 cm³/mol. The fourth-order valence-electron chi connectivity index (χ4n) is 7.16. The number of rotatable bonds is 35. The maximum atomic E-state index is 12.9. The highest BCUT2D eigenvalue weighted by atomic mass is 16.7. The molecule has 2 heterocycles. The van der Waals surface area contributed by atoms with Gasteiger partial charge in [0, 0.05) is 12.8 Å². The van der Waals surface area contributed by atoms with Crippen molar-refractivity contribution in [3.8, 4) is 0 Å². The Kier molecular flexibility index (Phi) is 31.6. The van der Waals surface area contributed by atoms with E-state index < -0.39 is 99.3 Å². The Labute approximate surface area is 370 Å². The standard InChI is InChI=1S/C47H82O15/c1-3-5-7-9-11-13-15-16-17-18-20-22-24-26-28-30-39(50)60-35(32-57-38(49)29-27-25-23-21-19-14-12-10-8-6-4-2)33-58-46-45(56)43(54)41(52)37(62-46)34-59-47-44(55)42(53)40(51)36(31-48)61-47/h11,13,16-17,20,22,35-37,40-48,51-56H,3-10,12,14-15,18-19,21,23-34H2,1-2H3/b13-11+,17-16+,22-20+/t35-,36-,37-,40+,41+,42?,43?,44?,45?,46-,47-/m1/s1. The maximum absolute atomic E-state index is 12.9. The number of hydrogen-bond donors (Lipinski definition) is 7. The molecule has 2 rings (SSSR count). The Hall–Kier alpha value is -2.28. The van der Waals surface area contributed by atoms with Crippen LogP contribution >= 0.6 is 0 Å². The van der Waals surface area contributed by atoms with Crippen molar-refractivity contribution in [1.82, 2.24) is 0 Å². The van der Waals surface area contributed by atoms with E-state index in [4.69, 9.17) is 28.4 Å². The summed E-state index contributed by atoms with van der Waals surface area (Å²) in [6, 6.07) is 0. The Bertz CT molecular complexity index is 1230. The molecule has 0 amide bonds. The lowest BCUT2D eigenvalue weighted by molar-refractivity contribution is -0.332. The molecular formula is C47H82O15. The zero-order valence-electron chi connectivity index (χ0n) is 37.6. The van der Waals surface area contributed by atoms with Crippen LogP contribution in [-0.2, 0) is 38.0 Å². The third-order valence-corrected chi connectivity index (χ3v) is 11.1. The first-order chi connectivity index (χ1) is 30.0. The molecule has 360 valence electrons. The topological polar surface area (TPSA) is 231 Å². The summed E-state index contributed by atoms with van der Waals surface area (Å²) in [6.45, 7) is 2.49. The summed E-state index contributed by atoms with van der Waals surface area (Å²) < 4.78 is 33.4. The van der Waals surface area contributed by atoms with Crippen LogP contribution in [0.1, 0.15) is 155 Å². The quantitative estimate of drug-likeness (QED) is 0.0241. The molecule has 4 unspecified atom stereocenters. The van der Waals surface area contributed by atoms with Gasteiger partial charge < -0.3 is 64.2 Å². The van der Waals surface area contributed by atoms with Crippen LogP contribution in [-0.4, -0.2) is 142 Å². The lowest BCUT2D eigenvalue weighted by Gasteiger charge is -2.42. The number of carbonyl (C=O) groups is 2. The monoisotopic (exact) mass is 887 g/mol. The molecule has 15 nitrogen and oxygen atoms in total. The van der Waals surface area contributed by atoms with Gasteiger partial charge in [-0.05, 0) is 51.4 Å². The lowest BCUT2D eigenvalue weighted by atomic mass is 9.98. The smallest absolute Gasteiger partial charge is 0.306 e. The minimum absolute atomic E-state index is 0.117. The van der Waals surface area contributed by atoms with E-state index in [1.54, 1.807) is 0 Å². The zero-order valence-corrected chi connectivity index (χ0v) is 37.6. The molecule has 0 aromatic heterocycles. The number of carbonyl (C=O) groups excluding carboxylic acids is 2. The summed E-state index contributed by atoms with van der Waals surface area (Å²) in [5.74, 6) is -0.971. The molecular weight excluding hydrogens is 805 g/mol. The highest BCUT2D eigenvalue weighted by molar-refractivity contribution is 5.70. The van der Waals surface area contributed by atoms with Crippen LogP contribution in [0.3, 0.4) is 0 Å². The second-order valence-corrected chi connectivity index (χ2v) is 16.6. The molecule has 2 saturated heterocycles. The van der Waals surface area contributed by atoms with Gasteiger partial charge in [0.2, 0.25) is 0 Å². The van der Waals surface area contributed by atoms with Gasteiger partial charge in [0.1, 0.15) is 55.4 Å². The van der Waals surface area contributed by atoms with Crippen molar-refractivity contribution in [3.63, 3.8) is 0 Å². The Morgan fingerprint density at radius 1 is 0.516 bits per heavy atom. The summed E-state index contributed by atoms with van der Waals surface area (Å²) >= 11 is 0. The van der Waals surface area contributed by atoms with E-state index in [1.807, 2.05) is 0 Å². The number of aliphatic hydroxyl groups is 7. The minimum atomic E-state index is -1.77. The van der Waals surface area contributed by atoms with E-state index in [0.717, 1.165) is 51.4 Å². The van der Waals surface area contributed by atoms with E-state index in [1.165, 1.54) is 64.2 Å². The average Bonchev–Trinajstić information content (AvgIpc) is 3.26. The van der Waals surface area contributed by atoms with E-state index in [0.29, 0.717) is 12.8 Å². The highest BCUT2D eigenvalue weighted by Gasteiger charge is 2.47. The van der Waals surface area contributed by atoms with Gasteiger partial charge in [0.15, 0.2) is 18.7 Å². The van der Waals surface area contributed by atoms with Crippen molar-refractivity contribution < 1.29 is 73.8 Å². The van der Waals surface area contributed by atoms with Crippen molar-refractivity contribution in [2.24, 2.45) is 0 Å². The minimum Gasteiger partial charge on any atom is -0.462 e. The average molecular weight is 887 g/mol. The first kappa shape index (κ1) is 55.9. The Morgan fingerprint density at radius 2 is 0.968 bits per heavy atom. The zero-order chi connectivity index (χ0) is 45.4. The maximum Gasteiger partial charge on any atom is 0.306 e. The van der Waals surface area contributed by atoms with Crippen molar-refractivity contribution in [1.29, 1.82) is 0 Å². The molecule has 2 aliphatic heterocycles. The summed E-state index contributed by atoms with van der Waals surface area (Å²) in [5.41, 5.74) is 0. The van der Waals surface area contributed by atoms with Crippen molar-refractivity contribution >= 4 is 11.9 Å². The van der Waals surface area contributed by atoms with Gasteiger partial charge in [0.25, 0.3) is 0 Å². The normalized spacial score (nSPS) is 27.4. The Balaban J connectivity index is 1.87. The van der Waals surface area contributed by atoms with Crippen molar-refractivity contribution in [2.75, 3.05) is 26.4 Å². The highest BCUT2D eigenvalue weighted by Crippen LogP contribution is 2.26. The number of ether oxygens (including phenoxy) is 6. The van der Waals surface area contributed by atoms with Crippen LogP contribution in [0.25, 0.3) is 0 Å². The molecule has 0 bridgehead atoms. The number of hydrogen-bond acceptors (Lipinski definition) is 15. The van der Waals surface area contributed by atoms with E-state index in [-0.39, 0.29) is 19.4 Å². The first-order valence-corrected chi connectivity index (χ1v) is 23.6. The summed E-state index contributed by atoms with van der Waals surface area (Å²) in [7, 11) is 0. The molecule has 2 fully saturated rings. The van der Waals surface area contributed by atoms with E-state index >= 15 is 0 Å². The molecule has 11 atom stereocenters. The molecule has 0 aliphatic carbocycles. The Morgan fingerprint density at radius 3 is 1.55 bits per heavy atom. The second kappa shape index (κ2) is 35.0. The molecule has 0 radical (unpaired) electrons. The van der Waals surface area contributed by atoms with Crippen LogP contribution < -0.4 is 0 Å². The number of unbranched alkanes of at least 4 members (excludes halogenated alkanes) is 15. The van der Waals surface area contributed by atoms with Crippen LogP contribution in [0.4, 0.5) is 0 Å². The molecule has 0 aromatic carbocycles. The van der Waals surface area contributed by atoms with Crippen LogP contribution in [0.15, 0.2) is 36.5 Å². The fourth-order valence-corrected chi connectivity index (χ4v) is 7.16. The summed E-state index contributed by atoms with van der Waals surface area (Å²) in [4.78, 5) is 25.6. The van der Waals surface area contributed by atoms with Crippen LogP contribution in [0.5, 0.6) is 0 Å². The largest absolute Gasteiger partial charge is 0.462 e. The molecule has 62 heavy (non-hydrogen) atoms. The lowest BCUT2D eigenvalue weighted by Crippen LogP contribution is -2.61. The second-order valence-electron chi connectivity index (χ2n) is 16.6. The van der Waals surface area contributed by atoms with Gasteiger partial charge >= 0.3 is 11.9 Å². The molecule has 7 N–H and O–H groups in total. The van der Waals surface area contributed by atoms with Gasteiger partial charge in [0.05, 0.1) is 19.8 Å².